The Bertz CT molecular complexity index is 167. The fraction of sp³-hybridized carbons (Fsp3) is 0.778. The minimum Gasteiger partial charge on any atom is -0.393 e. The molecule has 0 radical (unpaired) electrons. The van der Waals surface area contributed by atoms with Crippen molar-refractivity contribution in [2.45, 2.75) is 44.4 Å². The van der Waals surface area contributed by atoms with E-state index in [-0.39, 0.29) is 12.2 Å². The average molecular weight is 188 g/mol. The van der Waals surface area contributed by atoms with Gasteiger partial charge in [0.15, 0.2) is 0 Å². The molecule has 0 saturated heterocycles. The molecule has 0 saturated carbocycles. The normalized spacial score (nSPS) is 30.2. The fourth-order valence-electron chi connectivity index (χ4n) is 1.43. The van der Waals surface area contributed by atoms with Crippen LogP contribution < -0.4 is 0 Å². The lowest BCUT2D eigenvalue weighted by atomic mass is 10.0. The zero-order valence-electron chi connectivity index (χ0n) is 7.47. The maximum atomic E-state index is 9.29. The zero-order chi connectivity index (χ0) is 9.68. The Labute approximate surface area is 77.5 Å². The van der Waals surface area contributed by atoms with Crippen LogP contribution in [0.25, 0.3) is 0 Å². The van der Waals surface area contributed by atoms with E-state index in [9.17, 15) is 5.11 Å². The Morgan fingerprint density at radius 1 is 1.31 bits per heavy atom. The van der Waals surface area contributed by atoms with E-state index in [2.05, 4.69) is 0 Å². The Kier molecular flexibility index (Phi) is 4.38. The quantitative estimate of drug-likeness (QED) is 0.425. The molecular weight excluding hydrogens is 172 g/mol. The Morgan fingerprint density at radius 2 is 2.08 bits per heavy atom. The number of hydrogen-bond donors (Lipinski definition) is 3. The van der Waals surface area contributed by atoms with Crippen LogP contribution in [0.5, 0.6) is 0 Å². The van der Waals surface area contributed by atoms with E-state index in [0.717, 1.165) is 12.8 Å². The monoisotopic (exact) mass is 188 g/mol. The van der Waals surface area contributed by atoms with E-state index in [0.29, 0.717) is 12.8 Å². The smallest absolute Gasteiger partial charge is 0.267 e. The summed E-state index contributed by atoms with van der Waals surface area (Å²) in [4.78, 5) is 0. The summed E-state index contributed by atoms with van der Waals surface area (Å²) in [5.41, 5.74) is 0. The fourth-order valence-corrected chi connectivity index (χ4v) is 1.43. The van der Waals surface area contributed by atoms with Gasteiger partial charge in [0, 0.05) is 0 Å². The van der Waals surface area contributed by atoms with Crippen molar-refractivity contribution in [2.75, 3.05) is 0 Å². The summed E-state index contributed by atoms with van der Waals surface area (Å²) in [6.07, 6.45) is 5.98. The van der Waals surface area contributed by atoms with Crippen LogP contribution in [-0.4, -0.2) is 34.0 Å². The molecule has 0 aliphatic heterocycles. The lowest BCUT2D eigenvalue weighted by Crippen LogP contribution is -2.21. The maximum Gasteiger partial charge on any atom is 0.267 e. The molecule has 3 N–H and O–H groups in total. The molecule has 1 aliphatic rings. The molecule has 1 aliphatic carbocycles. The summed E-state index contributed by atoms with van der Waals surface area (Å²) in [7, 11) is 0. The van der Waals surface area contributed by atoms with Crippen LogP contribution in [0, 0.1) is 0 Å². The third-order valence-electron chi connectivity index (χ3n) is 2.08. The van der Waals surface area contributed by atoms with E-state index in [1.54, 1.807) is 6.08 Å². The van der Waals surface area contributed by atoms with Crippen LogP contribution in [0.3, 0.4) is 0 Å². The summed E-state index contributed by atoms with van der Waals surface area (Å²) < 4.78 is 4.80. The van der Waals surface area contributed by atoms with Crippen molar-refractivity contribution in [1.82, 2.24) is 0 Å². The van der Waals surface area contributed by atoms with E-state index in [1.165, 1.54) is 0 Å². The first-order valence-electron chi connectivity index (χ1n) is 4.55. The summed E-state index contributed by atoms with van der Waals surface area (Å²) in [5.74, 6) is 0. The van der Waals surface area contributed by atoms with E-state index in [4.69, 9.17) is 14.9 Å². The molecule has 0 spiro atoms. The maximum absolute atomic E-state index is 9.29. The van der Waals surface area contributed by atoms with Gasteiger partial charge in [0.2, 0.25) is 0 Å². The molecule has 0 fully saturated rings. The molecule has 0 aromatic carbocycles. The van der Waals surface area contributed by atoms with Gasteiger partial charge < -0.3 is 20.1 Å². The van der Waals surface area contributed by atoms with E-state index < -0.39 is 6.48 Å². The summed E-state index contributed by atoms with van der Waals surface area (Å²) in [6, 6.07) is 0. The highest BCUT2D eigenvalue weighted by Crippen LogP contribution is 2.15. The summed E-state index contributed by atoms with van der Waals surface area (Å²) >= 11 is 0. The Morgan fingerprint density at radius 3 is 2.77 bits per heavy atom. The SMILES string of the molecule is OC1CC=CC(OC(O)O)CCC1. The van der Waals surface area contributed by atoms with Crippen LogP contribution >= 0.6 is 0 Å². The van der Waals surface area contributed by atoms with Gasteiger partial charge in [0.05, 0.1) is 12.2 Å². The number of aliphatic hydroxyl groups excluding tert-OH is 2. The van der Waals surface area contributed by atoms with Crippen molar-refractivity contribution < 1.29 is 20.1 Å². The Balaban J connectivity index is 2.38. The third-order valence-corrected chi connectivity index (χ3v) is 2.08. The molecule has 1 rings (SSSR count). The topological polar surface area (TPSA) is 69.9 Å². The highest BCUT2D eigenvalue weighted by Gasteiger charge is 2.13. The molecule has 4 heteroatoms. The highest BCUT2D eigenvalue weighted by molar-refractivity contribution is 4.93. The van der Waals surface area contributed by atoms with Crippen LogP contribution in [0.4, 0.5) is 0 Å². The number of ether oxygens (including phenoxy) is 1. The van der Waals surface area contributed by atoms with Gasteiger partial charge in [0.25, 0.3) is 6.48 Å². The van der Waals surface area contributed by atoms with Crippen molar-refractivity contribution in [3.8, 4) is 0 Å². The van der Waals surface area contributed by atoms with Crippen LogP contribution in [-0.2, 0) is 4.74 Å². The van der Waals surface area contributed by atoms with Crippen molar-refractivity contribution in [1.29, 1.82) is 0 Å². The van der Waals surface area contributed by atoms with Crippen LogP contribution in [0.15, 0.2) is 12.2 Å². The molecule has 4 nitrogen and oxygen atoms in total. The standard InChI is InChI=1S/C9H16O4/c10-7-3-1-5-8(6-2-4-7)13-9(11)12/h1,5,7-12H,2-4,6H2. The average Bonchev–Trinajstić information content (AvgIpc) is 1.99. The zero-order valence-corrected chi connectivity index (χ0v) is 7.47. The molecule has 13 heavy (non-hydrogen) atoms. The first-order valence-corrected chi connectivity index (χ1v) is 4.55. The van der Waals surface area contributed by atoms with Gasteiger partial charge in [0.1, 0.15) is 0 Å². The number of hydrogen-bond acceptors (Lipinski definition) is 4. The molecule has 0 amide bonds. The molecule has 0 heterocycles. The second-order valence-corrected chi connectivity index (χ2v) is 3.25. The summed E-state index contributed by atoms with van der Waals surface area (Å²) in [5, 5.41) is 26.4. The molecule has 76 valence electrons. The first kappa shape index (κ1) is 10.7. The summed E-state index contributed by atoms with van der Waals surface area (Å²) in [6.45, 7) is -1.71. The van der Waals surface area contributed by atoms with Gasteiger partial charge in [-0.3, -0.25) is 0 Å². The van der Waals surface area contributed by atoms with Crippen molar-refractivity contribution in [3.63, 3.8) is 0 Å². The second kappa shape index (κ2) is 5.34. The van der Waals surface area contributed by atoms with Crippen molar-refractivity contribution in [3.05, 3.63) is 12.2 Å². The first-order chi connectivity index (χ1) is 6.18. The predicted molar refractivity (Wildman–Crippen MR) is 46.7 cm³/mol. The van der Waals surface area contributed by atoms with Crippen molar-refractivity contribution >= 4 is 0 Å². The lowest BCUT2D eigenvalue weighted by Gasteiger charge is -2.18. The lowest BCUT2D eigenvalue weighted by molar-refractivity contribution is -0.248. The van der Waals surface area contributed by atoms with Crippen LogP contribution in [0.1, 0.15) is 25.7 Å². The van der Waals surface area contributed by atoms with Crippen LogP contribution in [0.2, 0.25) is 0 Å². The van der Waals surface area contributed by atoms with E-state index >= 15 is 0 Å². The minimum atomic E-state index is -1.71. The largest absolute Gasteiger partial charge is 0.393 e. The molecule has 2 unspecified atom stereocenters. The van der Waals surface area contributed by atoms with Gasteiger partial charge in [-0.2, -0.15) is 0 Å². The molecule has 0 aromatic heterocycles. The van der Waals surface area contributed by atoms with Gasteiger partial charge in [-0.25, -0.2) is 0 Å². The van der Waals surface area contributed by atoms with Crippen molar-refractivity contribution in [2.24, 2.45) is 0 Å². The predicted octanol–water partition coefficient (Wildman–Crippen LogP) is 0.131. The highest BCUT2D eigenvalue weighted by atomic mass is 16.7. The van der Waals surface area contributed by atoms with Gasteiger partial charge in [-0.05, 0) is 25.7 Å². The van der Waals surface area contributed by atoms with E-state index in [1.807, 2.05) is 6.08 Å². The van der Waals surface area contributed by atoms with Gasteiger partial charge in [-0.1, -0.05) is 12.2 Å². The molecule has 2 atom stereocenters. The third kappa shape index (κ3) is 4.38. The number of rotatable bonds is 2. The second-order valence-electron chi connectivity index (χ2n) is 3.25. The molecule has 0 bridgehead atoms. The van der Waals surface area contributed by atoms with Gasteiger partial charge >= 0.3 is 0 Å². The number of aliphatic hydroxyl groups is 3. The molecular formula is C9H16O4. The minimum absolute atomic E-state index is 0.243. The van der Waals surface area contributed by atoms with Gasteiger partial charge in [-0.15, -0.1) is 0 Å². The Hall–Kier alpha value is -0.420. The molecule has 0 aromatic rings.